The molecule has 2 aromatic rings. The Morgan fingerprint density at radius 3 is 2.52 bits per heavy atom. The number of fused-ring (bicyclic) bond motifs is 2. The summed E-state index contributed by atoms with van der Waals surface area (Å²) in [5, 5.41) is 9.44. The molecule has 3 N–H and O–H groups in total. The van der Waals surface area contributed by atoms with Crippen molar-refractivity contribution < 1.29 is 14.0 Å². The minimum atomic E-state index is -1.13. The van der Waals surface area contributed by atoms with Crippen molar-refractivity contribution in [2.45, 2.75) is 32.9 Å². The van der Waals surface area contributed by atoms with E-state index in [0.29, 0.717) is 19.5 Å². The third kappa shape index (κ3) is 2.55. The molecule has 3 unspecified atom stereocenters. The van der Waals surface area contributed by atoms with Gasteiger partial charge in [-0.2, -0.15) is 0 Å². The second-order valence-corrected chi connectivity index (χ2v) is 7.75. The molecular formula is C18H22F2N4O3. The van der Waals surface area contributed by atoms with Gasteiger partial charge in [-0.1, -0.05) is 25.0 Å². The van der Waals surface area contributed by atoms with Crippen LogP contribution in [0.15, 0.2) is 15.7 Å². The van der Waals surface area contributed by atoms with Crippen LogP contribution >= 0.6 is 0 Å². The Labute approximate surface area is 153 Å². The third-order valence-corrected chi connectivity index (χ3v) is 6.04. The number of halogens is 2. The first-order chi connectivity index (χ1) is 12.8. The first-order valence-electron chi connectivity index (χ1n) is 9.13. The van der Waals surface area contributed by atoms with Crippen LogP contribution in [0.1, 0.15) is 20.3 Å². The van der Waals surface area contributed by atoms with E-state index >= 15 is 4.39 Å². The van der Waals surface area contributed by atoms with Gasteiger partial charge in [0.1, 0.15) is 11.5 Å². The molecule has 0 bridgehead atoms. The molecule has 1 aliphatic heterocycles. The normalized spacial score (nSPS) is 25.1. The molecule has 1 saturated heterocycles. The van der Waals surface area contributed by atoms with Crippen molar-refractivity contribution in [1.82, 2.24) is 9.30 Å². The summed E-state index contributed by atoms with van der Waals surface area (Å²) in [5.74, 6) is -1.41. The van der Waals surface area contributed by atoms with E-state index < -0.39 is 22.9 Å². The Morgan fingerprint density at radius 2 is 1.93 bits per heavy atom. The van der Waals surface area contributed by atoms with Gasteiger partial charge in [0.2, 0.25) is 0 Å². The standard InChI is InChI=1S/C18H22F2N4O3/c1-3-8(2)5-23-15-9(17(25)24(27)18(23)26)4-12(19)16(13(15)20)22-6-10-11(7-22)14(10)21/h4,8,10-11,14,27H,3,5-7,21H2,1-2H3. The number of benzene rings is 1. The van der Waals surface area contributed by atoms with Crippen LogP contribution in [0.4, 0.5) is 14.5 Å². The van der Waals surface area contributed by atoms with E-state index in [2.05, 4.69) is 0 Å². The highest BCUT2D eigenvalue weighted by atomic mass is 19.1. The van der Waals surface area contributed by atoms with E-state index in [1.807, 2.05) is 13.8 Å². The van der Waals surface area contributed by atoms with Gasteiger partial charge in [-0.15, -0.1) is 0 Å². The largest absolute Gasteiger partial charge is 0.421 e. The molecule has 1 aromatic heterocycles. The fourth-order valence-electron chi connectivity index (χ4n) is 4.09. The molecule has 27 heavy (non-hydrogen) atoms. The molecule has 1 saturated carbocycles. The van der Waals surface area contributed by atoms with Gasteiger partial charge in [0.05, 0.1) is 10.9 Å². The summed E-state index contributed by atoms with van der Waals surface area (Å²) >= 11 is 0. The predicted molar refractivity (Wildman–Crippen MR) is 96.2 cm³/mol. The number of anilines is 1. The number of aromatic nitrogens is 2. The summed E-state index contributed by atoms with van der Waals surface area (Å²) in [6.45, 7) is 4.76. The maximum Gasteiger partial charge on any atom is 0.365 e. The molecule has 2 heterocycles. The minimum Gasteiger partial charge on any atom is -0.421 e. The Hall–Kier alpha value is -2.42. The van der Waals surface area contributed by atoms with Crippen molar-refractivity contribution in [1.29, 1.82) is 0 Å². The van der Waals surface area contributed by atoms with E-state index in [1.54, 1.807) is 4.90 Å². The van der Waals surface area contributed by atoms with Crippen LogP contribution in [0.3, 0.4) is 0 Å². The molecule has 2 aliphatic rings. The van der Waals surface area contributed by atoms with E-state index in [9.17, 15) is 19.2 Å². The molecular weight excluding hydrogens is 358 g/mol. The van der Waals surface area contributed by atoms with Crippen LogP contribution in [0.5, 0.6) is 0 Å². The molecule has 3 atom stereocenters. The second-order valence-electron chi connectivity index (χ2n) is 7.75. The lowest BCUT2D eigenvalue weighted by Crippen LogP contribution is -2.40. The molecule has 4 rings (SSSR count). The summed E-state index contributed by atoms with van der Waals surface area (Å²) < 4.78 is 31.1. The first-order valence-corrected chi connectivity index (χ1v) is 9.13. The number of hydrogen-bond donors (Lipinski definition) is 2. The average Bonchev–Trinajstić information content (AvgIpc) is 3.04. The van der Waals surface area contributed by atoms with Crippen molar-refractivity contribution in [3.8, 4) is 0 Å². The van der Waals surface area contributed by atoms with Gasteiger partial charge in [-0.25, -0.2) is 13.6 Å². The zero-order valence-corrected chi connectivity index (χ0v) is 15.2. The van der Waals surface area contributed by atoms with Crippen LogP contribution in [0.2, 0.25) is 0 Å². The zero-order valence-electron chi connectivity index (χ0n) is 15.2. The van der Waals surface area contributed by atoms with Gasteiger partial charge < -0.3 is 15.8 Å². The van der Waals surface area contributed by atoms with Gasteiger partial charge in [0, 0.05) is 25.7 Å². The zero-order chi connectivity index (χ0) is 19.6. The fraction of sp³-hybridized carbons (Fsp3) is 0.556. The molecule has 0 radical (unpaired) electrons. The maximum absolute atomic E-state index is 15.4. The van der Waals surface area contributed by atoms with Gasteiger partial charge in [-0.3, -0.25) is 9.36 Å². The lowest BCUT2D eigenvalue weighted by molar-refractivity contribution is 0.155. The SMILES string of the molecule is CCC(C)Cn1c(=O)n(O)c(=O)c2cc(F)c(N3CC4C(N)C4C3)c(F)c21. The summed E-state index contributed by atoms with van der Waals surface area (Å²) in [6.07, 6.45) is 0.710. The highest BCUT2D eigenvalue weighted by Crippen LogP contribution is 2.46. The third-order valence-electron chi connectivity index (χ3n) is 6.04. The number of piperidine rings is 1. The maximum atomic E-state index is 15.4. The van der Waals surface area contributed by atoms with E-state index in [1.165, 1.54) is 0 Å². The Balaban J connectivity index is 1.95. The highest BCUT2D eigenvalue weighted by Gasteiger charge is 2.54. The minimum absolute atomic E-state index is 0.00580. The molecule has 2 fully saturated rings. The van der Waals surface area contributed by atoms with Crippen molar-refractivity contribution in [2.24, 2.45) is 23.5 Å². The molecule has 1 aliphatic carbocycles. The van der Waals surface area contributed by atoms with Crippen LogP contribution in [-0.4, -0.2) is 33.6 Å². The predicted octanol–water partition coefficient (Wildman–Crippen LogP) is 1.12. The molecule has 9 heteroatoms. The van der Waals surface area contributed by atoms with Crippen LogP contribution in [-0.2, 0) is 6.54 Å². The molecule has 7 nitrogen and oxygen atoms in total. The van der Waals surface area contributed by atoms with Crippen molar-refractivity contribution in [3.63, 3.8) is 0 Å². The Kier molecular flexibility index (Phi) is 4.03. The number of rotatable bonds is 4. The number of hydrogen-bond acceptors (Lipinski definition) is 5. The monoisotopic (exact) mass is 380 g/mol. The Morgan fingerprint density at radius 1 is 1.30 bits per heavy atom. The number of nitrogens with zero attached hydrogens (tertiary/aromatic N) is 3. The van der Waals surface area contributed by atoms with Crippen molar-refractivity contribution >= 4 is 16.6 Å². The quantitative estimate of drug-likeness (QED) is 0.776. The summed E-state index contributed by atoms with van der Waals surface area (Å²) in [5.41, 5.74) is 3.22. The Bertz CT molecular complexity index is 1040. The van der Waals surface area contributed by atoms with Crippen LogP contribution in [0.25, 0.3) is 10.9 Å². The average molecular weight is 380 g/mol. The van der Waals surface area contributed by atoms with Gasteiger partial charge in [0.15, 0.2) is 5.82 Å². The van der Waals surface area contributed by atoms with E-state index in [0.717, 1.165) is 10.6 Å². The highest BCUT2D eigenvalue weighted by molar-refractivity contribution is 5.83. The lowest BCUT2D eigenvalue weighted by atomic mass is 10.1. The van der Waals surface area contributed by atoms with E-state index in [-0.39, 0.29) is 51.7 Å². The smallest absolute Gasteiger partial charge is 0.365 e. The van der Waals surface area contributed by atoms with Crippen molar-refractivity contribution in [3.05, 3.63) is 38.5 Å². The topological polar surface area (TPSA) is 93.5 Å². The molecule has 1 aromatic carbocycles. The summed E-state index contributed by atoms with van der Waals surface area (Å²) in [7, 11) is 0. The van der Waals surface area contributed by atoms with Gasteiger partial charge in [0.25, 0.3) is 5.56 Å². The number of nitrogens with two attached hydrogens (primary N) is 1. The summed E-state index contributed by atoms with van der Waals surface area (Å²) in [4.78, 5) is 26.2. The van der Waals surface area contributed by atoms with Crippen LogP contribution in [0, 0.1) is 29.4 Å². The molecule has 0 amide bonds. The molecule has 0 spiro atoms. The molecule has 146 valence electrons. The first kappa shape index (κ1) is 18.0. The van der Waals surface area contributed by atoms with E-state index in [4.69, 9.17) is 5.73 Å². The second kappa shape index (κ2) is 6.05. The lowest BCUT2D eigenvalue weighted by Gasteiger charge is -2.24. The summed E-state index contributed by atoms with van der Waals surface area (Å²) in [6, 6.07) is 0.970. The van der Waals surface area contributed by atoms with Crippen molar-refractivity contribution in [2.75, 3.05) is 18.0 Å². The van der Waals surface area contributed by atoms with Gasteiger partial charge in [-0.05, 0) is 23.8 Å². The fourth-order valence-corrected chi connectivity index (χ4v) is 4.09. The van der Waals surface area contributed by atoms with Crippen LogP contribution < -0.4 is 21.9 Å². The van der Waals surface area contributed by atoms with Gasteiger partial charge >= 0.3 is 5.69 Å².